The van der Waals surface area contributed by atoms with Crippen LogP contribution in [0.4, 0.5) is 4.79 Å². The number of nitrogens with zero attached hydrogens (tertiary/aromatic N) is 1. The highest BCUT2D eigenvalue weighted by Crippen LogP contribution is 2.25. The van der Waals surface area contributed by atoms with Gasteiger partial charge in [0.1, 0.15) is 11.7 Å². The molecule has 1 rings (SSSR count). The topological polar surface area (TPSA) is 82.1 Å². The van der Waals surface area contributed by atoms with Crippen LogP contribution >= 0.6 is 0 Å². The number of esters is 2. The van der Waals surface area contributed by atoms with Crippen molar-refractivity contribution in [2.45, 2.75) is 77.5 Å². The van der Waals surface area contributed by atoms with E-state index < -0.39 is 23.6 Å². The first-order valence-corrected chi connectivity index (χ1v) is 8.99. The molecule has 0 spiro atoms. The SMILES string of the molecule is C=C(C(=O)OC)C(CCC1CCCCN1C(=O)OC(C)(C)C)OC(C)=O. The Labute approximate surface area is 155 Å². The van der Waals surface area contributed by atoms with Gasteiger partial charge in [-0.15, -0.1) is 0 Å². The van der Waals surface area contributed by atoms with Gasteiger partial charge in [0.15, 0.2) is 0 Å². The summed E-state index contributed by atoms with van der Waals surface area (Å²) in [4.78, 5) is 37.3. The molecule has 0 saturated carbocycles. The molecule has 7 heteroatoms. The van der Waals surface area contributed by atoms with Gasteiger partial charge >= 0.3 is 18.0 Å². The third-order valence-electron chi connectivity index (χ3n) is 4.16. The number of hydrogen-bond acceptors (Lipinski definition) is 6. The molecule has 0 aliphatic carbocycles. The van der Waals surface area contributed by atoms with Crippen molar-refractivity contribution >= 4 is 18.0 Å². The molecule has 26 heavy (non-hydrogen) atoms. The van der Waals surface area contributed by atoms with E-state index >= 15 is 0 Å². The van der Waals surface area contributed by atoms with Crippen molar-refractivity contribution in [3.63, 3.8) is 0 Å². The lowest BCUT2D eigenvalue weighted by atomic mass is 9.95. The Hall–Kier alpha value is -2.05. The average molecular weight is 369 g/mol. The van der Waals surface area contributed by atoms with Crippen LogP contribution in [-0.2, 0) is 23.8 Å². The maximum absolute atomic E-state index is 12.5. The highest BCUT2D eigenvalue weighted by molar-refractivity contribution is 5.89. The van der Waals surface area contributed by atoms with Gasteiger partial charge in [0.2, 0.25) is 0 Å². The molecule has 148 valence electrons. The Kier molecular flexibility index (Phi) is 8.11. The third-order valence-corrected chi connectivity index (χ3v) is 4.16. The van der Waals surface area contributed by atoms with Crippen molar-refractivity contribution < 1.29 is 28.6 Å². The molecule has 1 amide bonds. The van der Waals surface area contributed by atoms with Gasteiger partial charge in [-0.1, -0.05) is 6.58 Å². The highest BCUT2D eigenvalue weighted by atomic mass is 16.6. The zero-order valence-electron chi connectivity index (χ0n) is 16.5. The summed E-state index contributed by atoms with van der Waals surface area (Å²) in [6.45, 7) is 11.1. The van der Waals surface area contributed by atoms with Gasteiger partial charge in [0.05, 0.1) is 12.7 Å². The van der Waals surface area contributed by atoms with E-state index in [0.29, 0.717) is 19.4 Å². The molecule has 1 saturated heterocycles. The number of ether oxygens (including phenoxy) is 3. The third kappa shape index (κ3) is 7.06. The molecule has 1 heterocycles. The Morgan fingerprint density at radius 1 is 1.23 bits per heavy atom. The maximum Gasteiger partial charge on any atom is 0.410 e. The van der Waals surface area contributed by atoms with E-state index in [1.54, 1.807) is 4.90 Å². The summed E-state index contributed by atoms with van der Waals surface area (Å²) in [6.07, 6.45) is 2.65. The lowest BCUT2D eigenvalue weighted by Gasteiger charge is -2.37. The van der Waals surface area contributed by atoms with Crippen molar-refractivity contribution in [2.75, 3.05) is 13.7 Å². The number of likely N-dealkylation sites (tertiary alicyclic amines) is 1. The first-order valence-electron chi connectivity index (χ1n) is 8.99. The molecule has 7 nitrogen and oxygen atoms in total. The number of carbonyl (C=O) groups is 3. The normalized spacial score (nSPS) is 18.7. The van der Waals surface area contributed by atoms with Crippen LogP contribution in [0.15, 0.2) is 12.2 Å². The molecule has 1 fully saturated rings. The summed E-state index contributed by atoms with van der Waals surface area (Å²) in [6, 6.07) is -0.0258. The fourth-order valence-corrected chi connectivity index (χ4v) is 2.97. The van der Waals surface area contributed by atoms with Gasteiger partial charge in [-0.05, 0) is 52.9 Å². The van der Waals surface area contributed by atoms with Crippen LogP contribution < -0.4 is 0 Å². The van der Waals surface area contributed by atoms with E-state index in [0.717, 1.165) is 19.3 Å². The fraction of sp³-hybridized carbons (Fsp3) is 0.737. The zero-order valence-corrected chi connectivity index (χ0v) is 16.5. The van der Waals surface area contributed by atoms with Crippen molar-refractivity contribution in [1.29, 1.82) is 0 Å². The second-order valence-electron chi connectivity index (χ2n) is 7.52. The molecule has 0 radical (unpaired) electrons. The van der Waals surface area contributed by atoms with Crippen molar-refractivity contribution in [2.24, 2.45) is 0 Å². The Morgan fingerprint density at radius 2 is 1.88 bits per heavy atom. The molecule has 1 aliphatic heterocycles. The van der Waals surface area contributed by atoms with Crippen LogP contribution in [0.25, 0.3) is 0 Å². The molecule has 1 aliphatic rings. The number of carbonyl (C=O) groups excluding carboxylic acids is 3. The van der Waals surface area contributed by atoms with Crippen molar-refractivity contribution in [3.8, 4) is 0 Å². The van der Waals surface area contributed by atoms with Crippen LogP contribution in [0.5, 0.6) is 0 Å². The van der Waals surface area contributed by atoms with Gasteiger partial charge in [-0.2, -0.15) is 0 Å². The van der Waals surface area contributed by atoms with Gasteiger partial charge in [0, 0.05) is 19.5 Å². The van der Waals surface area contributed by atoms with E-state index in [1.165, 1.54) is 14.0 Å². The second kappa shape index (κ2) is 9.59. The van der Waals surface area contributed by atoms with E-state index in [-0.39, 0.29) is 17.7 Å². The molecule has 0 aromatic rings. The maximum atomic E-state index is 12.5. The summed E-state index contributed by atoms with van der Waals surface area (Å²) >= 11 is 0. The summed E-state index contributed by atoms with van der Waals surface area (Å²) in [5.41, 5.74) is -0.458. The zero-order chi connectivity index (χ0) is 19.9. The Morgan fingerprint density at radius 3 is 2.42 bits per heavy atom. The smallest absolute Gasteiger partial charge is 0.410 e. The number of rotatable bonds is 6. The summed E-state index contributed by atoms with van der Waals surface area (Å²) < 4.78 is 15.4. The summed E-state index contributed by atoms with van der Waals surface area (Å²) in [7, 11) is 1.25. The Balaban J connectivity index is 2.77. The standard InChI is InChI=1S/C19H31NO6/c1-13(17(22)24-6)16(25-14(2)21)11-10-15-9-7-8-12-20(15)18(23)26-19(3,4)5/h15-16H,1,7-12H2,2-6H3. The second-order valence-corrected chi connectivity index (χ2v) is 7.52. The van der Waals surface area contributed by atoms with Crippen LogP contribution in [0.2, 0.25) is 0 Å². The van der Waals surface area contributed by atoms with Crippen LogP contribution in [-0.4, -0.2) is 54.3 Å². The van der Waals surface area contributed by atoms with Crippen LogP contribution in [0.1, 0.15) is 59.8 Å². The first kappa shape index (κ1) is 22.0. The molecular weight excluding hydrogens is 338 g/mol. The minimum absolute atomic E-state index is 0.0258. The molecule has 0 bridgehead atoms. The predicted molar refractivity (Wildman–Crippen MR) is 96.5 cm³/mol. The predicted octanol–water partition coefficient (Wildman–Crippen LogP) is 3.22. The van der Waals surface area contributed by atoms with E-state index in [4.69, 9.17) is 9.47 Å². The molecule has 2 unspecified atom stereocenters. The Bertz CT molecular complexity index is 537. The molecule has 2 atom stereocenters. The molecule has 0 aromatic carbocycles. The molecular formula is C19H31NO6. The lowest BCUT2D eigenvalue weighted by molar-refractivity contribution is -0.147. The van der Waals surface area contributed by atoms with Crippen molar-refractivity contribution in [3.05, 3.63) is 12.2 Å². The van der Waals surface area contributed by atoms with Gasteiger partial charge in [-0.25, -0.2) is 9.59 Å². The van der Waals surface area contributed by atoms with Crippen LogP contribution in [0.3, 0.4) is 0 Å². The highest BCUT2D eigenvalue weighted by Gasteiger charge is 2.32. The number of amides is 1. The largest absolute Gasteiger partial charge is 0.466 e. The minimum atomic E-state index is -0.762. The lowest BCUT2D eigenvalue weighted by Crippen LogP contribution is -2.46. The number of methoxy groups -OCH3 is 1. The quantitative estimate of drug-likeness (QED) is 0.406. The van der Waals surface area contributed by atoms with Crippen LogP contribution in [0, 0.1) is 0 Å². The minimum Gasteiger partial charge on any atom is -0.466 e. The number of piperidine rings is 1. The summed E-state index contributed by atoms with van der Waals surface area (Å²) in [5, 5.41) is 0. The number of hydrogen-bond donors (Lipinski definition) is 0. The summed E-state index contributed by atoms with van der Waals surface area (Å²) in [5.74, 6) is -1.10. The van der Waals surface area contributed by atoms with E-state index in [2.05, 4.69) is 11.3 Å². The van der Waals surface area contributed by atoms with E-state index in [9.17, 15) is 14.4 Å². The fourth-order valence-electron chi connectivity index (χ4n) is 2.97. The van der Waals surface area contributed by atoms with E-state index in [1.807, 2.05) is 20.8 Å². The van der Waals surface area contributed by atoms with Crippen molar-refractivity contribution in [1.82, 2.24) is 4.90 Å². The first-order chi connectivity index (χ1) is 12.0. The molecule has 0 N–H and O–H groups in total. The van der Waals surface area contributed by atoms with Gasteiger partial charge < -0.3 is 19.1 Å². The molecule has 0 aromatic heterocycles. The average Bonchev–Trinajstić information content (AvgIpc) is 2.55. The van der Waals surface area contributed by atoms with Gasteiger partial charge in [-0.3, -0.25) is 4.79 Å². The monoisotopic (exact) mass is 369 g/mol. The van der Waals surface area contributed by atoms with Gasteiger partial charge in [0.25, 0.3) is 0 Å².